The minimum Gasteiger partial charge on any atom is -0.491 e. The van der Waals surface area contributed by atoms with Gasteiger partial charge in [-0.3, -0.25) is 0 Å². The van der Waals surface area contributed by atoms with Crippen molar-refractivity contribution in [1.82, 2.24) is 0 Å². The number of ether oxygens (including phenoxy) is 1. The first-order valence-corrected chi connectivity index (χ1v) is 4.24. The van der Waals surface area contributed by atoms with Crippen LogP contribution in [0.4, 0.5) is 0 Å². The molecule has 0 radical (unpaired) electrons. The third-order valence-electron chi connectivity index (χ3n) is 2.07. The number of rotatable bonds is 0. The number of hydrogen-bond acceptors (Lipinski definition) is 2. The van der Waals surface area contributed by atoms with E-state index in [1.54, 1.807) is 0 Å². The molecule has 0 unspecified atom stereocenters. The van der Waals surface area contributed by atoms with E-state index in [1.165, 1.54) is 0 Å². The van der Waals surface area contributed by atoms with Crippen LogP contribution in [-0.2, 0) is 0 Å². The van der Waals surface area contributed by atoms with Crippen LogP contribution >= 0.6 is 11.6 Å². The molecule has 1 aromatic carbocycles. The molecule has 0 aromatic heterocycles. The highest BCUT2D eigenvalue weighted by Crippen LogP contribution is 2.36. The van der Waals surface area contributed by atoms with Crippen molar-refractivity contribution in [3.8, 4) is 5.75 Å². The van der Waals surface area contributed by atoms with Crippen LogP contribution in [0, 0.1) is 6.92 Å². The second kappa shape index (κ2) is 2.64. The van der Waals surface area contributed by atoms with E-state index in [9.17, 15) is 0 Å². The highest BCUT2D eigenvalue weighted by Gasteiger charge is 2.22. The SMILES string of the molecule is Cc1cc(Cl)cc2c1OC[C@H]2N. The van der Waals surface area contributed by atoms with Crippen molar-refractivity contribution >= 4 is 11.6 Å². The summed E-state index contributed by atoms with van der Waals surface area (Å²) in [6, 6.07) is 3.75. The second-order valence-electron chi connectivity index (χ2n) is 3.06. The van der Waals surface area contributed by atoms with Gasteiger partial charge in [0.2, 0.25) is 0 Å². The Morgan fingerprint density at radius 1 is 1.58 bits per heavy atom. The van der Waals surface area contributed by atoms with Gasteiger partial charge in [0, 0.05) is 10.6 Å². The Hall–Kier alpha value is -0.730. The molecule has 12 heavy (non-hydrogen) atoms. The zero-order valence-corrected chi connectivity index (χ0v) is 7.56. The van der Waals surface area contributed by atoms with Crippen molar-refractivity contribution in [1.29, 1.82) is 0 Å². The van der Waals surface area contributed by atoms with E-state index in [-0.39, 0.29) is 6.04 Å². The maximum atomic E-state index is 5.88. The lowest BCUT2D eigenvalue weighted by molar-refractivity contribution is 0.331. The molecule has 0 saturated heterocycles. The number of hydrogen-bond donors (Lipinski definition) is 1. The summed E-state index contributed by atoms with van der Waals surface area (Å²) in [5.41, 5.74) is 7.89. The lowest BCUT2D eigenvalue weighted by Crippen LogP contribution is -2.10. The summed E-state index contributed by atoms with van der Waals surface area (Å²) in [6.07, 6.45) is 0. The number of halogens is 1. The van der Waals surface area contributed by atoms with Crippen LogP contribution in [0.25, 0.3) is 0 Å². The lowest BCUT2D eigenvalue weighted by atomic mass is 10.1. The van der Waals surface area contributed by atoms with E-state index >= 15 is 0 Å². The zero-order chi connectivity index (χ0) is 8.72. The van der Waals surface area contributed by atoms with Crippen LogP contribution in [-0.4, -0.2) is 6.61 Å². The van der Waals surface area contributed by atoms with E-state index in [0.717, 1.165) is 21.9 Å². The molecule has 1 atom stereocenters. The highest BCUT2D eigenvalue weighted by atomic mass is 35.5. The average Bonchev–Trinajstić information content (AvgIpc) is 2.33. The molecule has 1 aliphatic heterocycles. The number of nitrogens with two attached hydrogens (primary N) is 1. The molecule has 0 bridgehead atoms. The standard InChI is InChI=1S/C9H10ClNO/c1-5-2-6(10)3-7-8(11)4-12-9(5)7/h2-3,8H,4,11H2,1H3/t8-/m1/s1. The smallest absolute Gasteiger partial charge is 0.127 e. The van der Waals surface area contributed by atoms with Gasteiger partial charge in [-0.25, -0.2) is 0 Å². The molecule has 2 N–H and O–H groups in total. The summed E-state index contributed by atoms with van der Waals surface area (Å²) < 4.78 is 5.41. The maximum absolute atomic E-state index is 5.88. The van der Waals surface area contributed by atoms with Gasteiger partial charge in [0.25, 0.3) is 0 Å². The first kappa shape index (κ1) is 7.90. The maximum Gasteiger partial charge on any atom is 0.127 e. The predicted molar refractivity (Wildman–Crippen MR) is 48.6 cm³/mol. The van der Waals surface area contributed by atoms with Crippen LogP contribution < -0.4 is 10.5 Å². The highest BCUT2D eigenvalue weighted by molar-refractivity contribution is 6.30. The average molecular weight is 184 g/mol. The summed E-state index contributed by atoms with van der Waals surface area (Å²) >= 11 is 5.88. The first-order valence-electron chi connectivity index (χ1n) is 3.87. The lowest BCUT2D eigenvalue weighted by Gasteiger charge is -2.04. The van der Waals surface area contributed by atoms with Crippen molar-refractivity contribution < 1.29 is 4.74 Å². The molecule has 3 heteroatoms. The Kier molecular flexibility index (Phi) is 1.74. The van der Waals surface area contributed by atoms with Gasteiger partial charge >= 0.3 is 0 Å². The van der Waals surface area contributed by atoms with Crippen LogP contribution in [0.2, 0.25) is 5.02 Å². The van der Waals surface area contributed by atoms with Crippen molar-refractivity contribution in [2.24, 2.45) is 5.73 Å². The Balaban J connectivity index is 2.60. The van der Waals surface area contributed by atoms with Crippen LogP contribution in [0.5, 0.6) is 5.75 Å². The molecule has 0 aliphatic carbocycles. The van der Waals surface area contributed by atoms with Crippen LogP contribution in [0.3, 0.4) is 0 Å². The van der Waals surface area contributed by atoms with Crippen molar-refractivity contribution in [2.45, 2.75) is 13.0 Å². The van der Waals surface area contributed by atoms with E-state index in [0.29, 0.717) is 6.61 Å². The third-order valence-corrected chi connectivity index (χ3v) is 2.29. The van der Waals surface area contributed by atoms with E-state index in [1.807, 2.05) is 19.1 Å². The molecule has 64 valence electrons. The molecular weight excluding hydrogens is 174 g/mol. The Labute approximate surface area is 76.3 Å². The minimum atomic E-state index is -0.0163. The largest absolute Gasteiger partial charge is 0.491 e. The number of fused-ring (bicyclic) bond motifs is 1. The molecule has 1 aromatic rings. The minimum absolute atomic E-state index is 0.0163. The van der Waals surface area contributed by atoms with E-state index in [2.05, 4.69) is 0 Å². The molecule has 0 saturated carbocycles. The third kappa shape index (κ3) is 1.08. The van der Waals surface area contributed by atoms with Gasteiger partial charge in [-0.1, -0.05) is 11.6 Å². The summed E-state index contributed by atoms with van der Waals surface area (Å²) in [6.45, 7) is 2.54. The number of benzene rings is 1. The summed E-state index contributed by atoms with van der Waals surface area (Å²) in [5, 5.41) is 0.729. The van der Waals surface area contributed by atoms with Crippen LogP contribution in [0.1, 0.15) is 17.2 Å². The van der Waals surface area contributed by atoms with Gasteiger partial charge < -0.3 is 10.5 Å². The number of aryl methyl sites for hydroxylation is 1. The van der Waals surface area contributed by atoms with Gasteiger partial charge in [0.1, 0.15) is 12.4 Å². The quantitative estimate of drug-likeness (QED) is 0.668. The van der Waals surface area contributed by atoms with Gasteiger partial charge in [-0.2, -0.15) is 0 Å². The molecular formula is C9H10ClNO. The summed E-state index contributed by atoms with van der Waals surface area (Å²) in [5.74, 6) is 0.909. The van der Waals surface area contributed by atoms with Gasteiger partial charge in [-0.05, 0) is 24.6 Å². The van der Waals surface area contributed by atoms with E-state index < -0.39 is 0 Å². The predicted octanol–water partition coefficient (Wildman–Crippen LogP) is 2.04. The Bertz CT molecular complexity index is 325. The van der Waals surface area contributed by atoms with Crippen LogP contribution in [0.15, 0.2) is 12.1 Å². The van der Waals surface area contributed by atoms with Gasteiger partial charge in [-0.15, -0.1) is 0 Å². The second-order valence-corrected chi connectivity index (χ2v) is 3.49. The van der Waals surface area contributed by atoms with Crippen molar-refractivity contribution in [3.63, 3.8) is 0 Å². The molecule has 1 heterocycles. The fourth-order valence-electron chi connectivity index (χ4n) is 1.49. The first-order chi connectivity index (χ1) is 5.68. The monoisotopic (exact) mass is 183 g/mol. The summed E-state index contributed by atoms with van der Waals surface area (Å²) in [4.78, 5) is 0. The molecule has 2 nitrogen and oxygen atoms in total. The summed E-state index contributed by atoms with van der Waals surface area (Å²) in [7, 11) is 0. The van der Waals surface area contributed by atoms with E-state index in [4.69, 9.17) is 22.1 Å². The Morgan fingerprint density at radius 3 is 3.08 bits per heavy atom. The molecule has 2 rings (SSSR count). The van der Waals surface area contributed by atoms with Gasteiger partial charge in [0.05, 0.1) is 6.04 Å². The van der Waals surface area contributed by atoms with Gasteiger partial charge in [0.15, 0.2) is 0 Å². The zero-order valence-electron chi connectivity index (χ0n) is 6.80. The molecule has 0 spiro atoms. The Morgan fingerprint density at radius 2 is 2.33 bits per heavy atom. The fraction of sp³-hybridized carbons (Fsp3) is 0.333. The molecule has 1 aliphatic rings. The molecule has 0 fully saturated rings. The molecule has 0 amide bonds. The topological polar surface area (TPSA) is 35.2 Å². The normalized spacial score (nSPS) is 20.4. The van der Waals surface area contributed by atoms with Crippen molar-refractivity contribution in [3.05, 3.63) is 28.3 Å². The fourth-order valence-corrected chi connectivity index (χ4v) is 1.77. The van der Waals surface area contributed by atoms with Crippen molar-refractivity contribution in [2.75, 3.05) is 6.61 Å².